The van der Waals surface area contributed by atoms with Gasteiger partial charge in [0.25, 0.3) is 0 Å². The second-order valence-electron chi connectivity index (χ2n) is 5.05. The van der Waals surface area contributed by atoms with Crippen LogP contribution in [0.15, 0.2) is 48.6 Å². The van der Waals surface area contributed by atoms with E-state index < -0.39 is 8.38 Å². The Labute approximate surface area is 142 Å². The van der Waals surface area contributed by atoms with Crippen LogP contribution in [0.5, 0.6) is 11.5 Å². The molecule has 0 aliphatic heterocycles. The Hall–Kier alpha value is -1.31. The predicted octanol–water partition coefficient (Wildman–Crippen LogP) is 6.12. The number of unbranched alkanes of at least 4 members (excludes halogenated alkanes) is 3. The molecule has 0 N–H and O–H groups in total. The molecule has 0 amide bonds. The summed E-state index contributed by atoms with van der Waals surface area (Å²) >= 11 is 0. The molecule has 1 aromatic rings. The third-order valence-electron chi connectivity index (χ3n) is 3.15. The summed E-state index contributed by atoms with van der Waals surface area (Å²) in [6.45, 7) is 4.87. The lowest BCUT2D eigenvalue weighted by Gasteiger charge is -2.16. The van der Waals surface area contributed by atoms with Gasteiger partial charge < -0.3 is 13.8 Å². The van der Waals surface area contributed by atoms with Crippen molar-refractivity contribution in [3.05, 3.63) is 48.6 Å². The van der Waals surface area contributed by atoms with E-state index in [1.165, 1.54) is 19.3 Å². The summed E-state index contributed by atoms with van der Waals surface area (Å²) in [7, 11) is 0.714. The van der Waals surface area contributed by atoms with Crippen LogP contribution < -0.4 is 9.26 Å². The van der Waals surface area contributed by atoms with Crippen molar-refractivity contribution >= 4 is 8.38 Å². The Balaban J connectivity index is 2.38. The first-order chi connectivity index (χ1) is 11.3. The van der Waals surface area contributed by atoms with Gasteiger partial charge in [0, 0.05) is 6.16 Å². The number of ether oxygens (including phenoxy) is 1. The van der Waals surface area contributed by atoms with Crippen LogP contribution in [-0.2, 0) is 4.52 Å². The van der Waals surface area contributed by atoms with E-state index in [-0.39, 0.29) is 0 Å². The zero-order valence-electron chi connectivity index (χ0n) is 14.5. The van der Waals surface area contributed by atoms with E-state index in [2.05, 4.69) is 31.2 Å². The Morgan fingerprint density at radius 2 is 1.65 bits per heavy atom. The third-order valence-corrected chi connectivity index (χ3v) is 4.62. The molecule has 1 rings (SSSR count). The number of methoxy groups -OCH3 is 1. The zero-order valence-corrected chi connectivity index (χ0v) is 15.4. The van der Waals surface area contributed by atoms with Crippen LogP contribution in [0.3, 0.4) is 0 Å². The Morgan fingerprint density at radius 3 is 2.30 bits per heavy atom. The van der Waals surface area contributed by atoms with Gasteiger partial charge in [-0.3, -0.25) is 0 Å². The van der Waals surface area contributed by atoms with Gasteiger partial charge in [0.15, 0.2) is 0 Å². The molecule has 0 fully saturated rings. The molecule has 3 nitrogen and oxygen atoms in total. The predicted molar refractivity (Wildman–Crippen MR) is 99.5 cm³/mol. The van der Waals surface area contributed by atoms with E-state index >= 15 is 0 Å². The van der Waals surface area contributed by atoms with E-state index in [1.54, 1.807) is 7.11 Å². The Bertz CT molecular complexity index is 454. The summed E-state index contributed by atoms with van der Waals surface area (Å²) in [6.07, 6.45) is 14.3. The second kappa shape index (κ2) is 13.2. The standard InChI is InChI=1S/C19H29O3P/c1-4-6-7-8-9-10-11-12-17-23(21-5-2)22-19-15-13-18(20-3)14-16-19/h9-16H,4-8,17H2,1-3H3/b10-9+,12-11+. The van der Waals surface area contributed by atoms with E-state index in [0.717, 1.165) is 24.1 Å². The molecular weight excluding hydrogens is 307 g/mol. The van der Waals surface area contributed by atoms with Crippen LogP contribution in [0.4, 0.5) is 0 Å². The van der Waals surface area contributed by atoms with Gasteiger partial charge >= 0.3 is 0 Å². The van der Waals surface area contributed by atoms with Crippen molar-refractivity contribution in [2.24, 2.45) is 0 Å². The summed E-state index contributed by atoms with van der Waals surface area (Å²) in [5.74, 6) is 1.64. The maximum Gasteiger partial charge on any atom is 0.234 e. The molecule has 128 valence electrons. The molecule has 0 radical (unpaired) electrons. The first-order valence-corrected chi connectivity index (χ1v) is 9.70. The molecule has 0 saturated heterocycles. The van der Waals surface area contributed by atoms with Gasteiger partial charge in [-0.1, -0.05) is 44.1 Å². The van der Waals surface area contributed by atoms with Gasteiger partial charge in [-0.15, -0.1) is 0 Å². The summed E-state index contributed by atoms with van der Waals surface area (Å²) in [4.78, 5) is 0. The maximum absolute atomic E-state index is 5.93. The third kappa shape index (κ3) is 9.43. The van der Waals surface area contributed by atoms with Gasteiger partial charge in [0.05, 0.1) is 13.7 Å². The molecule has 0 aromatic heterocycles. The highest BCUT2D eigenvalue weighted by Gasteiger charge is 2.09. The minimum Gasteiger partial charge on any atom is -0.497 e. The normalized spacial score (nSPS) is 12.8. The highest BCUT2D eigenvalue weighted by molar-refractivity contribution is 7.47. The summed E-state index contributed by atoms with van der Waals surface area (Å²) in [5.41, 5.74) is 0. The summed E-state index contributed by atoms with van der Waals surface area (Å²) in [5, 5.41) is 0. The molecule has 0 bridgehead atoms. The van der Waals surface area contributed by atoms with Gasteiger partial charge in [0.1, 0.15) is 11.5 Å². The zero-order chi connectivity index (χ0) is 16.8. The summed E-state index contributed by atoms with van der Waals surface area (Å²) in [6, 6.07) is 7.60. The molecule has 1 atom stereocenters. The molecule has 0 spiro atoms. The molecule has 23 heavy (non-hydrogen) atoms. The molecule has 1 aromatic carbocycles. The van der Waals surface area contributed by atoms with E-state index in [0.29, 0.717) is 6.61 Å². The van der Waals surface area contributed by atoms with Crippen molar-refractivity contribution in [3.8, 4) is 11.5 Å². The fourth-order valence-corrected chi connectivity index (χ4v) is 3.10. The van der Waals surface area contributed by atoms with Crippen molar-refractivity contribution in [1.29, 1.82) is 0 Å². The van der Waals surface area contributed by atoms with Crippen LogP contribution in [-0.4, -0.2) is 19.9 Å². The van der Waals surface area contributed by atoms with Gasteiger partial charge in [0.2, 0.25) is 8.38 Å². The minimum absolute atomic E-state index is 0.655. The average molecular weight is 336 g/mol. The summed E-state index contributed by atoms with van der Waals surface area (Å²) < 4.78 is 16.8. The smallest absolute Gasteiger partial charge is 0.234 e. The first kappa shape index (κ1) is 19.7. The quantitative estimate of drug-likeness (QED) is 0.262. The fourth-order valence-electron chi connectivity index (χ4n) is 1.93. The Morgan fingerprint density at radius 1 is 0.957 bits per heavy atom. The highest BCUT2D eigenvalue weighted by Crippen LogP contribution is 2.39. The fraction of sp³-hybridized carbons (Fsp3) is 0.474. The van der Waals surface area contributed by atoms with Crippen molar-refractivity contribution < 1.29 is 13.8 Å². The molecular formula is C19H29O3P. The largest absolute Gasteiger partial charge is 0.497 e. The second-order valence-corrected chi connectivity index (χ2v) is 6.52. The number of hydrogen-bond donors (Lipinski definition) is 0. The van der Waals surface area contributed by atoms with Gasteiger partial charge in [-0.05, 0) is 44.0 Å². The SMILES string of the molecule is CCCCC/C=C/C=C/CP(OCC)Oc1ccc(OC)cc1. The van der Waals surface area contributed by atoms with Gasteiger partial charge in [-0.2, -0.15) is 0 Å². The molecule has 1 unspecified atom stereocenters. The monoisotopic (exact) mass is 336 g/mol. The number of benzene rings is 1. The Kier molecular flexibility index (Phi) is 11.3. The minimum atomic E-state index is -0.943. The number of allylic oxidation sites excluding steroid dienone is 4. The lowest BCUT2D eigenvalue weighted by atomic mass is 10.2. The maximum atomic E-state index is 5.93. The molecule has 0 aliphatic rings. The average Bonchev–Trinajstić information content (AvgIpc) is 2.58. The lowest BCUT2D eigenvalue weighted by Crippen LogP contribution is -1.96. The van der Waals surface area contributed by atoms with E-state index in [9.17, 15) is 0 Å². The van der Waals surface area contributed by atoms with Crippen LogP contribution in [0.1, 0.15) is 39.5 Å². The number of rotatable bonds is 12. The lowest BCUT2D eigenvalue weighted by molar-refractivity contribution is 0.335. The topological polar surface area (TPSA) is 27.7 Å². The number of hydrogen-bond acceptors (Lipinski definition) is 3. The van der Waals surface area contributed by atoms with Crippen LogP contribution in [0, 0.1) is 0 Å². The molecule has 0 aliphatic carbocycles. The van der Waals surface area contributed by atoms with E-state index in [1.807, 2.05) is 31.2 Å². The van der Waals surface area contributed by atoms with Gasteiger partial charge in [-0.25, -0.2) is 0 Å². The van der Waals surface area contributed by atoms with Crippen LogP contribution in [0.25, 0.3) is 0 Å². The van der Waals surface area contributed by atoms with Crippen molar-refractivity contribution in [1.82, 2.24) is 0 Å². The van der Waals surface area contributed by atoms with Crippen LogP contribution in [0.2, 0.25) is 0 Å². The highest BCUT2D eigenvalue weighted by atomic mass is 31.2. The van der Waals surface area contributed by atoms with Crippen molar-refractivity contribution in [2.75, 3.05) is 19.9 Å². The van der Waals surface area contributed by atoms with Crippen LogP contribution >= 0.6 is 8.38 Å². The first-order valence-electron chi connectivity index (χ1n) is 8.34. The molecule has 0 heterocycles. The molecule has 4 heteroatoms. The van der Waals surface area contributed by atoms with Crippen molar-refractivity contribution in [2.45, 2.75) is 39.5 Å². The molecule has 0 saturated carbocycles. The van der Waals surface area contributed by atoms with E-state index in [4.69, 9.17) is 13.8 Å². The van der Waals surface area contributed by atoms with Crippen molar-refractivity contribution in [3.63, 3.8) is 0 Å².